The first kappa shape index (κ1) is 20.7. The lowest BCUT2D eigenvalue weighted by molar-refractivity contribution is -0.857. The maximum absolute atomic E-state index is 13.1. The number of likely N-dealkylation sites (N-methyl/N-ethyl adjacent to an activating group) is 1. The molecule has 0 aromatic carbocycles. The number of aliphatic hydroxyl groups excluding tert-OH is 1. The zero-order valence-electron chi connectivity index (χ0n) is 18.1. The van der Waals surface area contributed by atoms with Gasteiger partial charge in [-0.3, -0.25) is 19.0 Å². The Bertz CT molecular complexity index is 1200. The summed E-state index contributed by atoms with van der Waals surface area (Å²) in [4.78, 5) is 37.4. The molecule has 0 aliphatic carbocycles. The molecule has 1 aliphatic heterocycles. The van der Waals surface area contributed by atoms with Crippen molar-refractivity contribution in [1.29, 1.82) is 0 Å². The van der Waals surface area contributed by atoms with Gasteiger partial charge in [0.1, 0.15) is 11.3 Å². The van der Waals surface area contributed by atoms with Crippen LogP contribution < -0.4 is 4.90 Å². The van der Waals surface area contributed by atoms with E-state index in [1.165, 1.54) is 0 Å². The van der Waals surface area contributed by atoms with Crippen LogP contribution in [0.4, 0.5) is 0 Å². The molecule has 1 fully saturated rings. The Morgan fingerprint density at radius 3 is 2.55 bits per heavy atom. The van der Waals surface area contributed by atoms with Crippen LogP contribution in [0.15, 0.2) is 48.4 Å². The predicted molar refractivity (Wildman–Crippen MR) is 116 cm³/mol. The number of aliphatic hydroxyl groups is 1. The Morgan fingerprint density at radius 2 is 1.87 bits per heavy atom. The SMILES string of the molecule is Cc1nc2c(C)cccn2c1/C(O)=C1\C(=O)C(=O)N(CC[NH+](C)C)[C@H]1c1ccncc1. The van der Waals surface area contributed by atoms with E-state index in [-0.39, 0.29) is 11.3 Å². The summed E-state index contributed by atoms with van der Waals surface area (Å²) < 4.78 is 1.76. The third-order valence-electron chi connectivity index (χ3n) is 5.66. The monoisotopic (exact) mass is 420 g/mol. The first-order valence-corrected chi connectivity index (χ1v) is 10.2. The van der Waals surface area contributed by atoms with Crippen molar-refractivity contribution < 1.29 is 19.6 Å². The summed E-state index contributed by atoms with van der Waals surface area (Å²) in [5.41, 5.74) is 3.47. The van der Waals surface area contributed by atoms with Gasteiger partial charge in [-0.2, -0.15) is 0 Å². The highest BCUT2D eigenvalue weighted by Crippen LogP contribution is 2.39. The Balaban J connectivity index is 1.94. The zero-order chi connectivity index (χ0) is 22.3. The molecule has 1 saturated heterocycles. The molecule has 2 N–H and O–H groups in total. The van der Waals surface area contributed by atoms with E-state index < -0.39 is 17.7 Å². The number of pyridine rings is 2. The lowest BCUT2D eigenvalue weighted by Crippen LogP contribution is -3.06. The maximum Gasteiger partial charge on any atom is 0.295 e. The number of carbonyl (C=O) groups is 2. The van der Waals surface area contributed by atoms with Crippen LogP contribution in [0, 0.1) is 13.8 Å². The minimum Gasteiger partial charge on any atom is -0.505 e. The summed E-state index contributed by atoms with van der Waals surface area (Å²) in [6, 6.07) is 6.65. The molecule has 1 atom stereocenters. The molecule has 0 spiro atoms. The predicted octanol–water partition coefficient (Wildman–Crippen LogP) is 0.912. The van der Waals surface area contributed by atoms with Crippen molar-refractivity contribution in [2.45, 2.75) is 19.9 Å². The molecule has 160 valence electrons. The molecule has 1 amide bonds. The van der Waals surface area contributed by atoms with Crippen LogP contribution in [0.3, 0.4) is 0 Å². The van der Waals surface area contributed by atoms with Crippen molar-refractivity contribution in [1.82, 2.24) is 19.3 Å². The quantitative estimate of drug-likeness (QED) is 0.364. The molecule has 31 heavy (non-hydrogen) atoms. The van der Waals surface area contributed by atoms with Crippen molar-refractivity contribution in [3.05, 3.63) is 70.9 Å². The van der Waals surface area contributed by atoms with Gasteiger partial charge < -0.3 is 14.9 Å². The molecule has 0 bridgehead atoms. The molecule has 0 unspecified atom stereocenters. The van der Waals surface area contributed by atoms with Gasteiger partial charge in [-0.1, -0.05) is 6.07 Å². The normalized spacial score (nSPS) is 18.5. The van der Waals surface area contributed by atoms with Crippen LogP contribution in [-0.2, 0) is 9.59 Å². The molecule has 1 aliphatic rings. The standard InChI is InChI=1S/C23H25N5O3/c1-14-6-5-11-27-18(15(2)25-22(14)27)20(29)17-19(16-7-9-24-10-8-16)28(13-12-26(3)4)23(31)21(17)30/h5-11,19,29H,12-13H2,1-4H3/p+1/b20-17+/t19-/m0/s1. The molecule has 3 aromatic heterocycles. The fraction of sp³-hybridized carbons (Fsp3) is 0.304. The van der Waals surface area contributed by atoms with Crippen LogP contribution >= 0.6 is 0 Å². The number of quaternary nitrogens is 1. The van der Waals surface area contributed by atoms with E-state index in [9.17, 15) is 14.7 Å². The number of hydrogen-bond acceptors (Lipinski definition) is 5. The highest BCUT2D eigenvalue weighted by atomic mass is 16.3. The van der Waals surface area contributed by atoms with Crippen LogP contribution in [0.5, 0.6) is 0 Å². The van der Waals surface area contributed by atoms with Crippen molar-refractivity contribution in [2.24, 2.45) is 0 Å². The molecule has 0 saturated carbocycles. The summed E-state index contributed by atoms with van der Waals surface area (Å²) in [5.74, 6) is -1.50. The number of likely N-dealkylation sites (tertiary alicyclic amines) is 1. The number of aromatic nitrogens is 3. The number of nitrogens with zero attached hydrogens (tertiary/aromatic N) is 4. The van der Waals surface area contributed by atoms with E-state index in [4.69, 9.17) is 0 Å². The maximum atomic E-state index is 13.1. The Hall–Kier alpha value is -3.52. The third-order valence-corrected chi connectivity index (χ3v) is 5.66. The van der Waals surface area contributed by atoms with Crippen molar-refractivity contribution in [3.8, 4) is 0 Å². The number of Topliss-reactive ketones (excluding diaryl/α,β-unsaturated/α-hetero) is 1. The van der Waals surface area contributed by atoms with Crippen LogP contribution in [0.25, 0.3) is 11.4 Å². The van der Waals surface area contributed by atoms with Gasteiger partial charge in [0.25, 0.3) is 11.7 Å². The highest BCUT2D eigenvalue weighted by Gasteiger charge is 2.46. The van der Waals surface area contributed by atoms with E-state index >= 15 is 0 Å². The number of aryl methyl sites for hydroxylation is 2. The fourth-order valence-corrected chi connectivity index (χ4v) is 4.08. The summed E-state index contributed by atoms with van der Waals surface area (Å²) in [7, 11) is 3.98. The topological polar surface area (TPSA) is 92.2 Å². The largest absolute Gasteiger partial charge is 0.505 e. The third kappa shape index (κ3) is 3.48. The van der Waals surface area contributed by atoms with E-state index in [0.717, 1.165) is 16.0 Å². The van der Waals surface area contributed by atoms with Gasteiger partial charge >= 0.3 is 0 Å². The number of hydrogen-bond donors (Lipinski definition) is 2. The summed E-state index contributed by atoms with van der Waals surface area (Å²) in [6.45, 7) is 4.78. The van der Waals surface area contributed by atoms with E-state index in [1.54, 1.807) is 46.9 Å². The van der Waals surface area contributed by atoms with Gasteiger partial charge in [-0.15, -0.1) is 0 Å². The summed E-state index contributed by atoms with van der Waals surface area (Å²) in [5, 5.41) is 11.4. The van der Waals surface area contributed by atoms with Crippen LogP contribution in [0.2, 0.25) is 0 Å². The second-order valence-corrected chi connectivity index (χ2v) is 8.16. The van der Waals surface area contributed by atoms with Crippen LogP contribution in [-0.4, -0.2) is 63.3 Å². The van der Waals surface area contributed by atoms with Gasteiger partial charge in [0.2, 0.25) is 0 Å². The van der Waals surface area contributed by atoms with E-state index in [1.807, 2.05) is 33.2 Å². The number of ketones is 1. The molecular formula is C23H26N5O3+. The lowest BCUT2D eigenvalue weighted by atomic mass is 9.97. The number of fused-ring (bicyclic) bond motifs is 1. The first-order chi connectivity index (χ1) is 14.8. The first-order valence-electron chi connectivity index (χ1n) is 10.2. The number of carbonyl (C=O) groups excluding carboxylic acids is 2. The summed E-state index contributed by atoms with van der Waals surface area (Å²) >= 11 is 0. The number of nitrogens with one attached hydrogen (secondary N) is 1. The van der Waals surface area contributed by atoms with Gasteiger partial charge in [-0.25, -0.2) is 4.98 Å². The van der Waals surface area contributed by atoms with Crippen molar-refractivity contribution >= 4 is 23.1 Å². The highest BCUT2D eigenvalue weighted by molar-refractivity contribution is 6.46. The minimum absolute atomic E-state index is 0.0800. The smallest absolute Gasteiger partial charge is 0.295 e. The molecule has 0 radical (unpaired) electrons. The van der Waals surface area contributed by atoms with Gasteiger partial charge in [0, 0.05) is 18.6 Å². The second kappa shape index (κ2) is 7.96. The van der Waals surface area contributed by atoms with E-state index in [0.29, 0.717) is 30.1 Å². The molecule has 8 heteroatoms. The Kier molecular flexibility index (Phi) is 5.32. The average Bonchev–Trinajstić information content (AvgIpc) is 3.21. The molecule has 3 aromatic rings. The molecule has 4 heterocycles. The van der Waals surface area contributed by atoms with Crippen molar-refractivity contribution in [2.75, 3.05) is 27.2 Å². The molecule has 4 rings (SSSR count). The lowest BCUT2D eigenvalue weighted by Gasteiger charge is -2.25. The van der Waals surface area contributed by atoms with Gasteiger partial charge in [0.05, 0.1) is 44.5 Å². The van der Waals surface area contributed by atoms with Gasteiger partial charge in [0.15, 0.2) is 5.76 Å². The molecule has 8 nitrogen and oxygen atoms in total. The average molecular weight is 420 g/mol. The number of imidazole rings is 1. The fourth-order valence-electron chi connectivity index (χ4n) is 4.08. The van der Waals surface area contributed by atoms with E-state index in [2.05, 4.69) is 9.97 Å². The summed E-state index contributed by atoms with van der Waals surface area (Å²) in [6.07, 6.45) is 5.04. The Morgan fingerprint density at radius 1 is 1.16 bits per heavy atom. The zero-order valence-corrected chi connectivity index (χ0v) is 18.1. The second-order valence-electron chi connectivity index (χ2n) is 8.16. The van der Waals surface area contributed by atoms with Crippen molar-refractivity contribution in [3.63, 3.8) is 0 Å². The molecular weight excluding hydrogens is 394 g/mol. The Labute approximate surface area is 180 Å². The van der Waals surface area contributed by atoms with Gasteiger partial charge in [-0.05, 0) is 43.2 Å². The number of rotatable bonds is 5. The van der Waals surface area contributed by atoms with Crippen LogP contribution in [0.1, 0.15) is 28.6 Å². The number of amides is 1. The minimum atomic E-state index is -0.685.